The fraction of sp³-hybridized carbons (Fsp3) is 0.692. The summed E-state index contributed by atoms with van der Waals surface area (Å²) in [7, 11) is 0. The molecule has 2 unspecified atom stereocenters. The molecule has 2 N–H and O–H groups in total. The molecule has 19 heavy (non-hydrogen) atoms. The van der Waals surface area contributed by atoms with Crippen LogP contribution >= 0.6 is 27.7 Å². The summed E-state index contributed by atoms with van der Waals surface area (Å²) in [4.78, 5) is 8.96. The second-order valence-corrected chi connectivity index (χ2v) is 7.43. The van der Waals surface area contributed by atoms with E-state index in [9.17, 15) is 5.11 Å². The number of halogens is 1. The molecule has 4 nitrogen and oxygen atoms in total. The highest BCUT2D eigenvalue weighted by atomic mass is 79.9. The van der Waals surface area contributed by atoms with E-state index in [0.29, 0.717) is 0 Å². The summed E-state index contributed by atoms with van der Waals surface area (Å²) < 4.78 is 0.770. The van der Waals surface area contributed by atoms with Crippen molar-refractivity contribution in [1.82, 2.24) is 9.97 Å². The van der Waals surface area contributed by atoms with Crippen molar-refractivity contribution in [2.45, 2.75) is 44.4 Å². The van der Waals surface area contributed by atoms with Crippen LogP contribution in [0, 0.1) is 0 Å². The molecule has 0 saturated heterocycles. The molecule has 0 saturated carbocycles. The quantitative estimate of drug-likeness (QED) is 0.801. The van der Waals surface area contributed by atoms with Gasteiger partial charge >= 0.3 is 0 Å². The Morgan fingerprint density at radius 1 is 1.42 bits per heavy atom. The second-order valence-electron chi connectivity index (χ2n) is 5.54. The van der Waals surface area contributed by atoms with Crippen molar-refractivity contribution in [3.05, 3.63) is 16.5 Å². The van der Waals surface area contributed by atoms with Gasteiger partial charge in [0.05, 0.1) is 6.61 Å². The summed E-state index contributed by atoms with van der Waals surface area (Å²) in [5, 5.41) is 12.8. The Morgan fingerprint density at radius 3 is 2.53 bits per heavy atom. The van der Waals surface area contributed by atoms with Crippen molar-refractivity contribution in [2.75, 3.05) is 18.2 Å². The average Bonchev–Trinajstić information content (AvgIpc) is 2.28. The Hall–Kier alpha value is -0.330. The first-order valence-electron chi connectivity index (χ1n) is 6.23. The molecule has 0 radical (unpaired) electrons. The predicted octanol–water partition coefficient (Wildman–Crippen LogP) is 3.06. The van der Waals surface area contributed by atoms with Crippen LogP contribution in [-0.4, -0.2) is 39.2 Å². The topological polar surface area (TPSA) is 58.0 Å². The van der Waals surface area contributed by atoms with E-state index < -0.39 is 0 Å². The molecule has 1 rings (SSSR count). The summed E-state index contributed by atoms with van der Waals surface area (Å²) in [6.07, 6.45) is 2.00. The third-order valence-corrected chi connectivity index (χ3v) is 4.35. The molecule has 0 amide bonds. The summed E-state index contributed by atoms with van der Waals surface area (Å²) >= 11 is 5.06. The highest BCUT2D eigenvalue weighted by molar-refractivity contribution is 9.10. The number of aromatic nitrogens is 2. The zero-order valence-electron chi connectivity index (χ0n) is 12.1. The van der Waals surface area contributed by atoms with Gasteiger partial charge in [-0.25, -0.2) is 9.97 Å². The van der Waals surface area contributed by atoms with E-state index in [0.717, 1.165) is 16.2 Å². The smallest absolute Gasteiger partial charge is 0.137 e. The number of aliphatic hydroxyl groups excluding tert-OH is 1. The van der Waals surface area contributed by atoms with Gasteiger partial charge in [-0.3, -0.25) is 0 Å². The lowest BCUT2D eigenvalue weighted by Gasteiger charge is -2.23. The lowest BCUT2D eigenvalue weighted by molar-refractivity contribution is 0.288. The third-order valence-electron chi connectivity index (χ3n) is 2.78. The molecule has 0 bridgehead atoms. The summed E-state index contributed by atoms with van der Waals surface area (Å²) in [6.45, 7) is 8.44. The Kier molecular flexibility index (Phi) is 6.08. The van der Waals surface area contributed by atoms with Gasteiger partial charge in [-0.2, -0.15) is 11.8 Å². The molecule has 6 heteroatoms. The minimum atomic E-state index is -0.0979. The molecule has 0 spiro atoms. The van der Waals surface area contributed by atoms with Gasteiger partial charge in [-0.1, -0.05) is 20.8 Å². The number of hydrogen-bond donors (Lipinski definition) is 2. The van der Waals surface area contributed by atoms with Crippen LogP contribution in [0.2, 0.25) is 0 Å². The number of hydrogen-bond acceptors (Lipinski definition) is 5. The summed E-state index contributed by atoms with van der Waals surface area (Å²) in [6, 6.07) is 2.00. The Morgan fingerprint density at radius 2 is 2.05 bits per heavy atom. The third kappa shape index (κ3) is 4.93. The van der Waals surface area contributed by atoms with Gasteiger partial charge in [0.25, 0.3) is 0 Å². The van der Waals surface area contributed by atoms with Gasteiger partial charge in [-0.15, -0.1) is 0 Å². The molecular formula is C13H22BrN3OS. The Labute approximate surface area is 127 Å². The molecule has 1 aromatic heterocycles. The lowest BCUT2D eigenvalue weighted by atomic mass is 9.96. The van der Waals surface area contributed by atoms with Crippen molar-refractivity contribution in [1.29, 1.82) is 0 Å². The molecule has 1 heterocycles. The van der Waals surface area contributed by atoms with Crippen molar-refractivity contribution in [3.8, 4) is 0 Å². The van der Waals surface area contributed by atoms with Crippen molar-refractivity contribution in [3.63, 3.8) is 0 Å². The van der Waals surface area contributed by atoms with Gasteiger partial charge in [0.2, 0.25) is 0 Å². The van der Waals surface area contributed by atoms with E-state index in [1.807, 2.05) is 19.2 Å². The SMILES string of the molecule is CSC(CO)C(C)Nc1cc(Br)nc(C(C)(C)C)n1. The van der Waals surface area contributed by atoms with E-state index in [4.69, 9.17) is 0 Å². The highest BCUT2D eigenvalue weighted by Crippen LogP contribution is 2.23. The number of anilines is 1. The summed E-state index contributed by atoms with van der Waals surface area (Å²) in [5.41, 5.74) is -0.0979. The Bertz CT molecular complexity index is 419. The van der Waals surface area contributed by atoms with E-state index >= 15 is 0 Å². The van der Waals surface area contributed by atoms with Crippen LogP contribution < -0.4 is 5.32 Å². The van der Waals surface area contributed by atoms with Crippen LogP contribution in [0.1, 0.15) is 33.5 Å². The van der Waals surface area contributed by atoms with Crippen LogP contribution in [0.4, 0.5) is 5.82 Å². The minimum absolute atomic E-state index is 0.0979. The van der Waals surface area contributed by atoms with E-state index in [2.05, 4.69) is 52.0 Å². The predicted molar refractivity (Wildman–Crippen MR) is 85.9 cm³/mol. The molecule has 2 atom stereocenters. The number of rotatable bonds is 5. The highest BCUT2D eigenvalue weighted by Gasteiger charge is 2.20. The maximum absolute atomic E-state index is 9.31. The monoisotopic (exact) mass is 347 g/mol. The van der Waals surface area contributed by atoms with Gasteiger partial charge in [0.1, 0.15) is 16.2 Å². The Balaban J connectivity index is 2.93. The van der Waals surface area contributed by atoms with Crippen LogP contribution in [0.5, 0.6) is 0 Å². The molecule has 0 aliphatic heterocycles. The van der Waals surface area contributed by atoms with Crippen molar-refractivity contribution >= 4 is 33.5 Å². The maximum atomic E-state index is 9.31. The zero-order chi connectivity index (χ0) is 14.6. The van der Waals surface area contributed by atoms with E-state index in [1.165, 1.54) is 0 Å². The largest absolute Gasteiger partial charge is 0.395 e. The number of nitrogens with one attached hydrogen (secondary N) is 1. The van der Waals surface area contributed by atoms with Crippen LogP contribution in [0.3, 0.4) is 0 Å². The van der Waals surface area contributed by atoms with Gasteiger partial charge < -0.3 is 10.4 Å². The number of thioether (sulfide) groups is 1. The first-order chi connectivity index (χ1) is 8.77. The normalized spacial score (nSPS) is 15.1. The summed E-state index contributed by atoms with van der Waals surface area (Å²) in [5.74, 6) is 1.58. The minimum Gasteiger partial charge on any atom is -0.395 e. The molecule has 108 valence electrons. The second kappa shape index (κ2) is 6.90. The van der Waals surface area contributed by atoms with E-state index in [-0.39, 0.29) is 23.3 Å². The zero-order valence-corrected chi connectivity index (χ0v) is 14.5. The number of nitrogens with zero attached hydrogens (tertiary/aromatic N) is 2. The fourth-order valence-electron chi connectivity index (χ4n) is 1.59. The van der Waals surface area contributed by atoms with Gasteiger partial charge in [-0.05, 0) is 29.1 Å². The molecule has 1 aromatic rings. The maximum Gasteiger partial charge on any atom is 0.137 e. The molecule has 0 aliphatic rings. The van der Waals surface area contributed by atoms with Gasteiger partial charge in [0.15, 0.2) is 0 Å². The fourth-order valence-corrected chi connectivity index (χ4v) is 2.60. The van der Waals surface area contributed by atoms with Gasteiger partial charge in [0, 0.05) is 22.8 Å². The first-order valence-corrected chi connectivity index (χ1v) is 8.31. The molecule has 0 fully saturated rings. The molecular weight excluding hydrogens is 326 g/mol. The lowest BCUT2D eigenvalue weighted by Crippen LogP contribution is -2.31. The van der Waals surface area contributed by atoms with Crippen LogP contribution in [0.25, 0.3) is 0 Å². The number of aliphatic hydroxyl groups is 1. The van der Waals surface area contributed by atoms with E-state index in [1.54, 1.807) is 11.8 Å². The first kappa shape index (κ1) is 16.7. The van der Waals surface area contributed by atoms with Crippen LogP contribution in [-0.2, 0) is 5.41 Å². The van der Waals surface area contributed by atoms with Crippen LogP contribution in [0.15, 0.2) is 10.7 Å². The average molecular weight is 348 g/mol. The van der Waals surface area contributed by atoms with Crippen molar-refractivity contribution < 1.29 is 5.11 Å². The molecule has 0 aromatic carbocycles. The van der Waals surface area contributed by atoms with Crippen molar-refractivity contribution in [2.24, 2.45) is 0 Å². The standard InChI is InChI=1S/C13H22BrN3OS/c1-8(9(7-18)19-5)15-11-6-10(14)16-12(17-11)13(2,3)4/h6,8-9,18H,7H2,1-5H3,(H,15,16,17). The molecule has 0 aliphatic carbocycles.